The molecule has 2 heterocycles. The summed E-state index contributed by atoms with van der Waals surface area (Å²) in [4.78, 5) is 5.10. The summed E-state index contributed by atoms with van der Waals surface area (Å²) in [5.41, 5.74) is 12.1. The summed E-state index contributed by atoms with van der Waals surface area (Å²) in [7, 11) is 0. The van der Waals surface area contributed by atoms with Gasteiger partial charge in [-0.2, -0.15) is 0 Å². The topological polar surface area (TPSA) is 6.48 Å². The Labute approximate surface area is 197 Å². The maximum Gasteiger partial charge on any atom is 0.0539 e. The highest BCUT2D eigenvalue weighted by molar-refractivity contribution is 5.86. The summed E-state index contributed by atoms with van der Waals surface area (Å²) in [6, 6.07) is 34.8. The van der Waals surface area contributed by atoms with Gasteiger partial charge in [-0.05, 0) is 66.8 Å². The van der Waals surface area contributed by atoms with Crippen LogP contribution in [0.25, 0.3) is 22.3 Å². The quantitative estimate of drug-likeness (QED) is 0.304. The molecule has 0 aromatic heterocycles. The number of nitrogens with zero attached hydrogens (tertiary/aromatic N) is 2. The highest BCUT2D eigenvalue weighted by Gasteiger charge is 2.33. The molecule has 0 saturated carbocycles. The van der Waals surface area contributed by atoms with Gasteiger partial charge in [-0.15, -0.1) is 0 Å². The molecular weight excluding hydrogens is 400 g/mol. The Bertz CT molecular complexity index is 1340. The molecule has 2 aliphatic heterocycles. The normalized spacial score (nSPS) is 16.5. The lowest BCUT2D eigenvalue weighted by atomic mass is 9.87. The second kappa shape index (κ2) is 7.81. The Balaban J connectivity index is 1.59. The molecule has 164 valence electrons. The van der Waals surface area contributed by atoms with Crippen LogP contribution in [0.15, 0.2) is 91.0 Å². The molecule has 0 N–H and O–H groups in total. The van der Waals surface area contributed by atoms with E-state index in [1.54, 1.807) is 0 Å². The zero-order chi connectivity index (χ0) is 22.5. The van der Waals surface area contributed by atoms with Crippen LogP contribution in [0, 0.1) is 0 Å². The lowest BCUT2D eigenvalue weighted by molar-refractivity contribution is 0.609. The molecule has 2 heteroatoms. The van der Waals surface area contributed by atoms with Crippen LogP contribution in [0.4, 0.5) is 11.4 Å². The Morgan fingerprint density at radius 3 is 2.09 bits per heavy atom. The third-order valence-corrected chi connectivity index (χ3v) is 7.29. The van der Waals surface area contributed by atoms with E-state index < -0.39 is 0 Å². The lowest BCUT2D eigenvalue weighted by Crippen LogP contribution is -2.36. The molecule has 33 heavy (non-hydrogen) atoms. The van der Waals surface area contributed by atoms with Crippen molar-refractivity contribution in [3.63, 3.8) is 0 Å². The van der Waals surface area contributed by atoms with Gasteiger partial charge in [-0.1, -0.05) is 72.8 Å². The van der Waals surface area contributed by atoms with Crippen LogP contribution in [0.5, 0.6) is 0 Å². The third-order valence-electron chi connectivity index (χ3n) is 7.29. The van der Waals surface area contributed by atoms with Gasteiger partial charge in [0.05, 0.1) is 11.7 Å². The molecule has 0 fully saturated rings. The predicted molar refractivity (Wildman–Crippen MR) is 140 cm³/mol. The first-order valence-electron chi connectivity index (χ1n) is 12.0. The second-order valence-corrected chi connectivity index (χ2v) is 9.69. The zero-order valence-electron chi connectivity index (χ0n) is 19.6. The number of anilines is 2. The maximum absolute atomic E-state index is 2.56. The van der Waals surface area contributed by atoms with Crippen molar-refractivity contribution in [1.82, 2.24) is 0 Å². The van der Waals surface area contributed by atoms with E-state index in [1.807, 2.05) is 0 Å². The van der Waals surface area contributed by atoms with E-state index in [-0.39, 0.29) is 0 Å². The number of hydrogen-bond donors (Lipinski definition) is 0. The summed E-state index contributed by atoms with van der Waals surface area (Å²) < 4.78 is 0. The van der Waals surface area contributed by atoms with E-state index in [2.05, 4.69) is 122 Å². The van der Waals surface area contributed by atoms with Gasteiger partial charge in [-0.3, -0.25) is 0 Å². The average molecular weight is 431 g/mol. The van der Waals surface area contributed by atoms with Gasteiger partial charge >= 0.3 is 0 Å². The molecule has 0 saturated heterocycles. The van der Waals surface area contributed by atoms with Crippen LogP contribution >= 0.6 is 0 Å². The van der Waals surface area contributed by atoms with Crippen molar-refractivity contribution in [1.29, 1.82) is 0 Å². The van der Waals surface area contributed by atoms with Crippen LogP contribution < -0.4 is 9.80 Å². The fraction of sp³-hybridized carbons (Fsp3) is 0.226. The highest BCUT2D eigenvalue weighted by atomic mass is 15.2. The maximum atomic E-state index is 2.56. The Morgan fingerprint density at radius 1 is 0.697 bits per heavy atom. The molecule has 2 aliphatic rings. The van der Waals surface area contributed by atoms with E-state index in [0.717, 1.165) is 13.1 Å². The fourth-order valence-corrected chi connectivity index (χ4v) is 5.55. The van der Waals surface area contributed by atoms with Crippen molar-refractivity contribution in [2.45, 2.75) is 45.9 Å². The summed E-state index contributed by atoms with van der Waals surface area (Å²) >= 11 is 0. The van der Waals surface area contributed by atoms with Crippen molar-refractivity contribution in [3.8, 4) is 22.3 Å². The number of hydrogen-bond acceptors (Lipinski definition) is 2. The van der Waals surface area contributed by atoms with Crippen LogP contribution in [-0.4, -0.2) is 6.04 Å². The summed E-state index contributed by atoms with van der Waals surface area (Å²) in [6.45, 7) is 8.72. The van der Waals surface area contributed by atoms with Crippen LogP contribution in [-0.2, 0) is 13.1 Å². The van der Waals surface area contributed by atoms with E-state index in [1.165, 1.54) is 50.3 Å². The average Bonchev–Trinajstić information content (AvgIpc) is 2.85. The van der Waals surface area contributed by atoms with E-state index >= 15 is 0 Å². The molecule has 6 rings (SSSR count). The molecule has 0 spiro atoms. The second-order valence-electron chi connectivity index (χ2n) is 9.69. The third kappa shape index (κ3) is 3.33. The van der Waals surface area contributed by atoms with Crippen LogP contribution in [0.2, 0.25) is 0 Å². The Hall–Kier alpha value is -3.52. The summed E-state index contributed by atoms with van der Waals surface area (Å²) in [6.07, 6.45) is 0. The smallest absolute Gasteiger partial charge is 0.0539 e. The molecule has 4 aromatic carbocycles. The molecule has 2 nitrogen and oxygen atoms in total. The van der Waals surface area contributed by atoms with Gasteiger partial charge in [0.15, 0.2) is 0 Å². The molecule has 0 aliphatic carbocycles. The van der Waals surface area contributed by atoms with Gasteiger partial charge in [-0.25, -0.2) is 0 Å². The minimum atomic E-state index is 0.389. The number of fused-ring (bicyclic) bond motifs is 7. The van der Waals surface area contributed by atoms with Crippen molar-refractivity contribution in [2.24, 2.45) is 0 Å². The van der Waals surface area contributed by atoms with Gasteiger partial charge in [0.2, 0.25) is 0 Å². The number of rotatable bonds is 1. The molecular formula is C31H30N2. The molecule has 1 atom stereocenters. The minimum Gasteiger partial charge on any atom is -0.364 e. The first-order valence-corrected chi connectivity index (χ1v) is 12.0. The molecule has 4 bridgehead atoms. The van der Waals surface area contributed by atoms with Gasteiger partial charge in [0.25, 0.3) is 0 Å². The molecule has 0 amide bonds. The van der Waals surface area contributed by atoms with Crippen molar-refractivity contribution < 1.29 is 0 Å². The monoisotopic (exact) mass is 430 g/mol. The predicted octanol–water partition coefficient (Wildman–Crippen LogP) is 7.83. The van der Waals surface area contributed by atoms with Gasteiger partial charge in [0.1, 0.15) is 0 Å². The summed E-state index contributed by atoms with van der Waals surface area (Å²) in [5, 5.41) is 0. The lowest BCUT2D eigenvalue weighted by Gasteiger charge is -2.45. The Morgan fingerprint density at radius 2 is 1.33 bits per heavy atom. The fourth-order valence-electron chi connectivity index (χ4n) is 5.55. The van der Waals surface area contributed by atoms with Crippen molar-refractivity contribution >= 4 is 11.4 Å². The van der Waals surface area contributed by atoms with Crippen LogP contribution in [0.3, 0.4) is 0 Å². The standard InChI is InChI=1S/C31H30N2/c1-21(2)32-19-23-9-7-12-26(18-23)29-15-8-14-27-22(3)33(31(27)29)20-24-10-6-11-25(17-24)28-13-4-5-16-30(28)32/h4-18,21-22H,19-20H2,1-3H3. The first-order chi connectivity index (χ1) is 16.1. The van der Waals surface area contributed by atoms with E-state index in [4.69, 9.17) is 0 Å². The SMILES string of the molecule is CC(C)N1Cc2cccc(c2)-c2cccc3c2N(Cc2cccc(c2)-c2ccccc21)C3C. The molecule has 4 aromatic rings. The Kier molecular flexibility index (Phi) is 4.76. The van der Waals surface area contributed by atoms with Gasteiger partial charge < -0.3 is 9.80 Å². The first kappa shape index (κ1) is 20.1. The number of benzene rings is 4. The largest absolute Gasteiger partial charge is 0.364 e. The minimum absolute atomic E-state index is 0.389. The highest BCUT2D eigenvalue weighted by Crippen LogP contribution is 2.49. The number of para-hydroxylation sites is 2. The summed E-state index contributed by atoms with van der Waals surface area (Å²) in [5.74, 6) is 0. The van der Waals surface area contributed by atoms with Crippen molar-refractivity contribution in [3.05, 3.63) is 108 Å². The van der Waals surface area contributed by atoms with Crippen LogP contribution in [0.1, 0.15) is 43.5 Å². The van der Waals surface area contributed by atoms with Crippen molar-refractivity contribution in [2.75, 3.05) is 9.80 Å². The molecule has 0 radical (unpaired) electrons. The van der Waals surface area contributed by atoms with Gasteiger partial charge in [0, 0.05) is 35.9 Å². The van der Waals surface area contributed by atoms with E-state index in [0.29, 0.717) is 12.1 Å². The molecule has 1 unspecified atom stereocenters. The zero-order valence-corrected chi connectivity index (χ0v) is 19.6. The van der Waals surface area contributed by atoms with E-state index in [9.17, 15) is 0 Å².